The number of ether oxygens (including phenoxy) is 2. The van der Waals surface area contributed by atoms with Crippen molar-refractivity contribution in [1.29, 1.82) is 0 Å². The van der Waals surface area contributed by atoms with Crippen LogP contribution in [-0.4, -0.2) is 45.9 Å². The molecule has 1 unspecified atom stereocenters. The van der Waals surface area contributed by atoms with Gasteiger partial charge in [0, 0.05) is 25.9 Å². The Balaban J connectivity index is 1.41. The van der Waals surface area contributed by atoms with Crippen molar-refractivity contribution in [3.63, 3.8) is 0 Å². The first-order valence-electron chi connectivity index (χ1n) is 8.84. The number of rotatable bonds is 5. The van der Waals surface area contributed by atoms with Gasteiger partial charge in [0.25, 0.3) is 0 Å². The highest BCUT2D eigenvalue weighted by Crippen LogP contribution is 2.37. The van der Waals surface area contributed by atoms with Gasteiger partial charge < -0.3 is 20.1 Å². The molecule has 2 aromatic rings. The lowest BCUT2D eigenvalue weighted by Gasteiger charge is -2.40. The van der Waals surface area contributed by atoms with Crippen LogP contribution in [-0.2, 0) is 17.6 Å². The summed E-state index contributed by atoms with van der Waals surface area (Å²) in [4.78, 5) is 18.4. The maximum atomic E-state index is 12.3. The predicted molar refractivity (Wildman–Crippen MR) is 94.7 cm³/mol. The molecule has 2 aliphatic rings. The van der Waals surface area contributed by atoms with E-state index in [4.69, 9.17) is 15.2 Å². The number of nitrogen functional groups attached to an aromatic ring is 1. The van der Waals surface area contributed by atoms with Gasteiger partial charge in [-0.25, -0.2) is 0 Å². The minimum Gasteiger partial charge on any atom is -0.454 e. The highest BCUT2D eigenvalue weighted by Gasteiger charge is 2.35. The van der Waals surface area contributed by atoms with Gasteiger partial charge in [0.1, 0.15) is 5.82 Å². The van der Waals surface area contributed by atoms with E-state index in [9.17, 15) is 4.79 Å². The minimum atomic E-state index is 0.0298. The summed E-state index contributed by atoms with van der Waals surface area (Å²) < 4.78 is 10.9. The summed E-state index contributed by atoms with van der Waals surface area (Å²) in [6.07, 6.45) is 2.96. The predicted octanol–water partition coefficient (Wildman–Crippen LogP) is 1.53. The number of benzene rings is 1. The van der Waals surface area contributed by atoms with Gasteiger partial charge in [0.2, 0.25) is 18.6 Å². The molecule has 4 rings (SSSR count). The Bertz CT molecular complexity index is 821. The minimum absolute atomic E-state index is 0.0298. The van der Waals surface area contributed by atoms with Crippen molar-refractivity contribution in [3.05, 3.63) is 29.6 Å². The van der Waals surface area contributed by atoms with Crippen LogP contribution in [0.25, 0.3) is 0 Å². The molecule has 1 saturated heterocycles. The second-order valence-corrected chi connectivity index (χ2v) is 7.38. The van der Waals surface area contributed by atoms with E-state index in [2.05, 4.69) is 28.2 Å². The number of H-pyrrole nitrogens is 1. The summed E-state index contributed by atoms with van der Waals surface area (Å²) in [5.41, 5.74) is 6.76. The lowest BCUT2D eigenvalue weighted by Crippen LogP contribution is -2.46. The molecule has 26 heavy (non-hydrogen) atoms. The van der Waals surface area contributed by atoms with Crippen LogP contribution >= 0.6 is 0 Å². The van der Waals surface area contributed by atoms with Crippen LogP contribution < -0.4 is 15.2 Å². The lowest BCUT2D eigenvalue weighted by atomic mass is 9.76. The van der Waals surface area contributed by atoms with Crippen molar-refractivity contribution >= 4 is 11.9 Å². The van der Waals surface area contributed by atoms with Gasteiger partial charge in [-0.15, -0.1) is 5.10 Å². The van der Waals surface area contributed by atoms with E-state index >= 15 is 0 Å². The van der Waals surface area contributed by atoms with Crippen LogP contribution in [0.15, 0.2) is 18.2 Å². The zero-order valence-electron chi connectivity index (χ0n) is 14.8. The molecular formula is C18H23N5O3. The molecule has 0 bridgehead atoms. The number of likely N-dealkylation sites (tertiary alicyclic amines) is 1. The van der Waals surface area contributed by atoms with Crippen molar-refractivity contribution in [2.75, 3.05) is 25.6 Å². The fourth-order valence-corrected chi connectivity index (χ4v) is 3.75. The van der Waals surface area contributed by atoms with Gasteiger partial charge >= 0.3 is 0 Å². The van der Waals surface area contributed by atoms with E-state index in [0.29, 0.717) is 25.2 Å². The molecule has 3 heterocycles. The maximum absolute atomic E-state index is 12.3. The molecule has 0 radical (unpaired) electrons. The Labute approximate surface area is 151 Å². The largest absolute Gasteiger partial charge is 0.454 e. The third-order valence-corrected chi connectivity index (χ3v) is 5.10. The molecule has 0 spiro atoms. The normalized spacial score (nSPS) is 22.0. The number of hydrogen-bond donors (Lipinski definition) is 2. The molecule has 0 aliphatic carbocycles. The molecule has 1 fully saturated rings. The number of amides is 1. The summed E-state index contributed by atoms with van der Waals surface area (Å²) >= 11 is 0. The number of aromatic amines is 1. The van der Waals surface area contributed by atoms with Crippen LogP contribution in [0.3, 0.4) is 0 Å². The topological polar surface area (TPSA) is 106 Å². The lowest BCUT2D eigenvalue weighted by molar-refractivity contribution is -0.137. The van der Waals surface area contributed by atoms with Crippen molar-refractivity contribution in [3.8, 4) is 11.5 Å². The average molecular weight is 357 g/mol. The van der Waals surface area contributed by atoms with Gasteiger partial charge in [-0.1, -0.05) is 13.0 Å². The van der Waals surface area contributed by atoms with E-state index in [1.807, 2.05) is 17.0 Å². The molecule has 1 amide bonds. The first kappa shape index (κ1) is 16.7. The number of fused-ring (bicyclic) bond motifs is 1. The molecule has 1 atom stereocenters. The average Bonchev–Trinajstić information content (AvgIpc) is 3.24. The van der Waals surface area contributed by atoms with Crippen LogP contribution in [0.1, 0.15) is 31.2 Å². The van der Waals surface area contributed by atoms with Crippen LogP contribution in [0.5, 0.6) is 11.5 Å². The highest BCUT2D eigenvalue weighted by atomic mass is 16.7. The molecule has 0 saturated carbocycles. The number of hydrogen-bond acceptors (Lipinski definition) is 6. The van der Waals surface area contributed by atoms with Crippen molar-refractivity contribution < 1.29 is 14.3 Å². The summed E-state index contributed by atoms with van der Waals surface area (Å²) in [5, 5.41) is 6.62. The van der Waals surface area contributed by atoms with Crippen molar-refractivity contribution in [2.24, 2.45) is 5.41 Å². The zero-order chi connectivity index (χ0) is 18.1. The Morgan fingerprint density at radius 2 is 2.19 bits per heavy atom. The first-order valence-corrected chi connectivity index (χ1v) is 8.84. The van der Waals surface area contributed by atoms with Crippen LogP contribution in [0.2, 0.25) is 0 Å². The Kier molecular flexibility index (Phi) is 4.18. The van der Waals surface area contributed by atoms with Crippen LogP contribution in [0.4, 0.5) is 5.95 Å². The Morgan fingerprint density at radius 3 is 3.00 bits per heavy atom. The third-order valence-electron chi connectivity index (χ3n) is 5.10. The van der Waals surface area contributed by atoms with E-state index in [0.717, 1.165) is 30.9 Å². The summed E-state index contributed by atoms with van der Waals surface area (Å²) in [6, 6.07) is 6.09. The molecule has 8 heteroatoms. The number of nitrogens with two attached hydrogens (primary N) is 1. The number of aromatic nitrogens is 3. The van der Waals surface area contributed by atoms with Crippen LogP contribution in [0, 0.1) is 5.41 Å². The molecule has 3 N–H and O–H groups in total. The summed E-state index contributed by atoms with van der Waals surface area (Å²) in [5.74, 6) is 2.74. The van der Waals surface area contributed by atoms with Gasteiger partial charge in [0.15, 0.2) is 11.5 Å². The fraction of sp³-hybridized carbons (Fsp3) is 0.500. The number of carbonyl (C=O) groups is 1. The van der Waals surface area contributed by atoms with Gasteiger partial charge in [-0.05, 0) is 36.0 Å². The van der Waals surface area contributed by atoms with E-state index in [1.165, 1.54) is 5.56 Å². The summed E-state index contributed by atoms with van der Waals surface area (Å²) in [6.45, 7) is 3.86. The SMILES string of the molecule is CC1(Cc2ccc3c(c2)OCO3)CCC(=O)N(CCc2nc(N)n[nH]2)C1. The Morgan fingerprint density at radius 1 is 1.35 bits per heavy atom. The van der Waals surface area contributed by atoms with Gasteiger partial charge in [-0.3, -0.25) is 9.89 Å². The first-order chi connectivity index (χ1) is 12.5. The maximum Gasteiger partial charge on any atom is 0.239 e. The molecular weight excluding hydrogens is 334 g/mol. The highest BCUT2D eigenvalue weighted by molar-refractivity contribution is 5.77. The van der Waals surface area contributed by atoms with E-state index < -0.39 is 0 Å². The molecule has 2 aliphatic heterocycles. The standard InChI is InChI=1S/C18H23N5O3/c1-18(9-12-2-3-13-14(8-12)26-11-25-13)6-4-16(24)23(10-18)7-5-15-20-17(19)22-21-15/h2-3,8H,4-7,9-11H2,1H3,(H3,19,20,21,22). The van der Waals surface area contributed by atoms with E-state index in [1.54, 1.807) is 0 Å². The summed E-state index contributed by atoms with van der Waals surface area (Å²) in [7, 11) is 0. The van der Waals surface area contributed by atoms with E-state index in [-0.39, 0.29) is 24.1 Å². The molecule has 8 nitrogen and oxygen atoms in total. The number of piperidine rings is 1. The number of anilines is 1. The molecule has 1 aromatic heterocycles. The quantitative estimate of drug-likeness (QED) is 0.840. The zero-order valence-corrected chi connectivity index (χ0v) is 14.8. The third kappa shape index (κ3) is 3.44. The number of carbonyl (C=O) groups excluding carboxylic acids is 1. The second kappa shape index (κ2) is 6.51. The number of nitrogens with one attached hydrogen (secondary N) is 1. The monoisotopic (exact) mass is 357 g/mol. The second-order valence-electron chi connectivity index (χ2n) is 7.38. The molecule has 1 aromatic carbocycles. The van der Waals surface area contributed by atoms with Gasteiger partial charge in [0.05, 0.1) is 0 Å². The molecule has 138 valence electrons. The Hall–Kier alpha value is -2.77. The number of nitrogens with zero attached hydrogens (tertiary/aromatic N) is 3. The van der Waals surface area contributed by atoms with Crippen molar-refractivity contribution in [2.45, 2.75) is 32.6 Å². The van der Waals surface area contributed by atoms with Crippen molar-refractivity contribution in [1.82, 2.24) is 20.1 Å². The van der Waals surface area contributed by atoms with Gasteiger partial charge in [-0.2, -0.15) is 4.98 Å². The smallest absolute Gasteiger partial charge is 0.239 e. The fourth-order valence-electron chi connectivity index (χ4n) is 3.75.